The first kappa shape index (κ1) is 18.2. The lowest BCUT2D eigenvalue weighted by molar-refractivity contribution is -0.138. The summed E-state index contributed by atoms with van der Waals surface area (Å²) in [6, 6.07) is 4.17. The van der Waals surface area contributed by atoms with Crippen LogP contribution in [0.1, 0.15) is 30.9 Å². The summed E-state index contributed by atoms with van der Waals surface area (Å²) in [7, 11) is 1.34. The minimum Gasteiger partial charge on any atom is -0.497 e. The molecule has 0 saturated carbocycles. The molecule has 2 rings (SSSR count). The van der Waals surface area contributed by atoms with Crippen LogP contribution in [0.3, 0.4) is 0 Å². The Balaban J connectivity index is 2.17. The van der Waals surface area contributed by atoms with Crippen molar-refractivity contribution in [1.29, 1.82) is 0 Å². The van der Waals surface area contributed by atoms with E-state index >= 15 is 0 Å². The molecule has 0 spiro atoms. The molecule has 0 bridgehead atoms. The number of nitrogens with zero attached hydrogens (tertiary/aromatic N) is 1. The maximum Gasteiger partial charge on any atom is 0.416 e. The van der Waals surface area contributed by atoms with Crippen molar-refractivity contribution in [2.75, 3.05) is 13.7 Å². The van der Waals surface area contributed by atoms with Crippen molar-refractivity contribution in [2.24, 2.45) is 4.99 Å². The van der Waals surface area contributed by atoms with Gasteiger partial charge in [-0.3, -0.25) is 0 Å². The van der Waals surface area contributed by atoms with E-state index in [1.165, 1.54) is 19.2 Å². The van der Waals surface area contributed by atoms with Crippen LogP contribution in [0.15, 0.2) is 35.3 Å². The monoisotopic (exact) mass is 341 g/mol. The van der Waals surface area contributed by atoms with Crippen LogP contribution < -0.4 is 15.4 Å². The highest BCUT2D eigenvalue weighted by atomic mass is 19.4. The molecule has 0 atom stereocenters. The highest BCUT2D eigenvalue weighted by Gasteiger charge is 2.33. The second-order valence-corrected chi connectivity index (χ2v) is 5.50. The number of hydrogen-bond acceptors (Lipinski definition) is 2. The van der Waals surface area contributed by atoms with Gasteiger partial charge in [-0.25, -0.2) is 4.99 Å². The van der Waals surface area contributed by atoms with Crippen molar-refractivity contribution in [2.45, 2.75) is 38.5 Å². The minimum atomic E-state index is -4.44. The van der Waals surface area contributed by atoms with Gasteiger partial charge in [0.05, 0.1) is 19.2 Å². The van der Waals surface area contributed by atoms with E-state index in [1.54, 1.807) is 0 Å². The molecule has 1 aromatic carbocycles. The molecular formula is C17H22F3N3O. The van der Waals surface area contributed by atoms with Gasteiger partial charge in [0, 0.05) is 12.6 Å². The average molecular weight is 341 g/mol. The number of rotatable bonds is 5. The Hall–Kier alpha value is -2.18. The van der Waals surface area contributed by atoms with Gasteiger partial charge in [-0.05, 0) is 37.5 Å². The van der Waals surface area contributed by atoms with Gasteiger partial charge in [0.2, 0.25) is 0 Å². The Morgan fingerprint density at radius 1 is 1.29 bits per heavy atom. The van der Waals surface area contributed by atoms with Gasteiger partial charge in [0.15, 0.2) is 5.96 Å². The van der Waals surface area contributed by atoms with Crippen molar-refractivity contribution >= 4 is 5.96 Å². The molecule has 0 heterocycles. The topological polar surface area (TPSA) is 45.7 Å². The van der Waals surface area contributed by atoms with Gasteiger partial charge in [-0.2, -0.15) is 13.2 Å². The number of aliphatic imine (C=N–C) groups is 1. The average Bonchev–Trinajstić information content (AvgIpc) is 3.05. The van der Waals surface area contributed by atoms with Crippen LogP contribution >= 0.6 is 0 Å². The van der Waals surface area contributed by atoms with E-state index in [-0.39, 0.29) is 23.9 Å². The standard InChI is InChI=1S/C17H22F3N3O/c1-3-21-16(23-13-6-4-5-7-13)22-11-12-8-9-14(24-2)10-15(12)17(18,19)20/h4-5,8-10,13H,3,6-7,11H2,1-2H3,(H2,21,22,23). The molecule has 0 radical (unpaired) electrons. The number of nitrogens with one attached hydrogen (secondary N) is 2. The largest absolute Gasteiger partial charge is 0.497 e. The van der Waals surface area contributed by atoms with Gasteiger partial charge in [0.25, 0.3) is 0 Å². The normalized spacial score (nSPS) is 15.6. The van der Waals surface area contributed by atoms with E-state index in [1.807, 2.05) is 6.92 Å². The summed E-state index contributed by atoms with van der Waals surface area (Å²) in [5.41, 5.74) is -0.603. The van der Waals surface area contributed by atoms with E-state index in [0.717, 1.165) is 18.9 Å². The van der Waals surface area contributed by atoms with E-state index < -0.39 is 11.7 Å². The number of hydrogen-bond donors (Lipinski definition) is 2. The molecule has 0 saturated heterocycles. The summed E-state index contributed by atoms with van der Waals surface area (Å²) in [5.74, 6) is 0.701. The fourth-order valence-corrected chi connectivity index (χ4v) is 2.50. The number of methoxy groups -OCH3 is 1. The van der Waals surface area contributed by atoms with Crippen LogP contribution in [0.4, 0.5) is 13.2 Å². The molecule has 0 unspecified atom stereocenters. The third-order valence-electron chi connectivity index (χ3n) is 3.72. The van der Waals surface area contributed by atoms with E-state index in [9.17, 15) is 13.2 Å². The zero-order chi connectivity index (χ0) is 17.6. The minimum absolute atomic E-state index is 0.0612. The lowest BCUT2D eigenvalue weighted by Gasteiger charge is -2.17. The van der Waals surface area contributed by atoms with Crippen molar-refractivity contribution in [3.05, 3.63) is 41.5 Å². The fourth-order valence-electron chi connectivity index (χ4n) is 2.50. The molecule has 132 valence electrons. The Bertz CT molecular complexity index is 604. The maximum atomic E-state index is 13.2. The third kappa shape index (κ3) is 4.91. The molecule has 1 aromatic rings. The molecule has 0 fully saturated rings. The smallest absolute Gasteiger partial charge is 0.416 e. The van der Waals surface area contributed by atoms with Crippen molar-refractivity contribution in [1.82, 2.24) is 10.6 Å². The van der Waals surface area contributed by atoms with Crippen LogP contribution in [0.2, 0.25) is 0 Å². The summed E-state index contributed by atoms with van der Waals surface area (Å²) in [5, 5.41) is 6.30. The quantitative estimate of drug-likeness (QED) is 0.490. The highest BCUT2D eigenvalue weighted by Crippen LogP contribution is 2.34. The number of halogens is 3. The second-order valence-electron chi connectivity index (χ2n) is 5.50. The second kappa shape index (κ2) is 8.08. The van der Waals surface area contributed by atoms with E-state index in [2.05, 4.69) is 27.8 Å². The fraction of sp³-hybridized carbons (Fsp3) is 0.471. The van der Waals surface area contributed by atoms with Crippen molar-refractivity contribution < 1.29 is 17.9 Å². The zero-order valence-corrected chi connectivity index (χ0v) is 13.8. The Morgan fingerprint density at radius 3 is 2.58 bits per heavy atom. The lowest BCUT2D eigenvalue weighted by atomic mass is 10.1. The van der Waals surface area contributed by atoms with Crippen LogP contribution in [-0.2, 0) is 12.7 Å². The first-order chi connectivity index (χ1) is 11.4. The van der Waals surface area contributed by atoms with Gasteiger partial charge < -0.3 is 15.4 Å². The summed E-state index contributed by atoms with van der Waals surface area (Å²) in [6.07, 6.45) is 1.49. The van der Waals surface area contributed by atoms with Crippen LogP contribution in [0, 0.1) is 0 Å². The first-order valence-electron chi connectivity index (χ1n) is 7.88. The van der Waals surface area contributed by atoms with E-state index in [0.29, 0.717) is 12.5 Å². The lowest BCUT2D eigenvalue weighted by Crippen LogP contribution is -2.42. The Labute approximate surface area is 139 Å². The van der Waals surface area contributed by atoms with Crippen LogP contribution in [0.25, 0.3) is 0 Å². The highest BCUT2D eigenvalue weighted by molar-refractivity contribution is 5.80. The predicted molar refractivity (Wildman–Crippen MR) is 88.1 cm³/mol. The zero-order valence-electron chi connectivity index (χ0n) is 13.8. The molecule has 0 amide bonds. The van der Waals surface area contributed by atoms with Gasteiger partial charge in [-0.1, -0.05) is 18.2 Å². The molecule has 1 aliphatic carbocycles. The Morgan fingerprint density at radius 2 is 2.00 bits per heavy atom. The summed E-state index contributed by atoms with van der Waals surface area (Å²) in [4.78, 5) is 4.30. The summed E-state index contributed by atoms with van der Waals surface area (Å²) in [6.45, 7) is 2.49. The summed E-state index contributed by atoms with van der Waals surface area (Å²) >= 11 is 0. The molecule has 4 nitrogen and oxygen atoms in total. The van der Waals surface area contributed by atoms with E-state index in [4.69, 9.17) is 4.74 Å². The van der Waals surface area contributed by atoms with Gasteiger partial charge in [-0.15, -0.1) is 0 Å². The molecule has 0 aliphatic heterocycles. The van der Waals surface area contributed by atoms with Crippen LogP contribution in [-0.4, -0.2) is 25.7 Å². The summed E-state index contributed by atoms with van der Waals surface area (Å²) < 4.78 is 44.6. The van der Waals surface area contributed by atoms with Crippen molar-refractivity contribution in [3.8, 4) is 5.75 Å². The predicted octanol–water partition coefficient (Wildman–Crippen LogP) is 3.49. The molecule has 1 aliphatic rings. The maximum absolute atomic E-state index is 13.2. The first-order valence-corrected chi connectivity index (χ1v) is 7.88. The molecule has 2 N–H and O–H groups in total. The third-order valence-corrected chi connectivity index (χ3v) is 3.72. The molecule has 24 heavy (non-hydrogen) atoms. The number of alkyl halides is 3. The number of ether oxygens (including phenoxy) is 1. The van der Waals surface area contributed by atoms with Gasteiger partial charge >= 0.3 is 6.18 Å². The van der Waals surface area contributed by atoms with Gasteiger partial charge in [0.1, 0.15) is 5.75 Å². The Kier molecular flexibility index (Phi) is 6.11. The van der Waals surface area contributed by atoms with Crippen molar-refractivity contribution in [3.63, 3.8) is 0 Å². The SMILES string of the molecule is CCNC(=NCc1ccc(OC)cc1C(F)(F)F)NC1CC=CC1. The number of guanidine groups is 1. The molecule has 0 aromatic heterocycles. The number of benzene rings is 1. The van der Waals surface area contributed by atoms with Crippen LogP contribution in [0.5, 0.6) is 5.75 Å². The molecule has 7 heteroatoms. The molecular weight excluding hydrogens is 319 g/mol.